The smallest absolute Gasteiger partial charge is 0.226 e. The molecule has 0 unspecified atom stereocenters. The Bertz CT molecular complexity index is 1030. The Hall–Kier alpha value is -3.67. The molecule has 0 aliphatic rings. The predicted molar refractivity (Wildman–Crippen MR) is 119 cm³/mol. The zero-order valence-corrected chi connectivity index (χ0v) is 17.5. The molecule has 160 valence electrons. The summed E-state index contributed by atoms with van der Waals surface area (Å²) in [6, 6.07) is 11.4. The second-order valence-corrected chi connectivity index (χ2v) is 6.83. The monoisotopic (exact) mass is 418 g/mol. The number of nitrogens with zero attached hydrogens (tertiary/aromatic N) is 2. The van der Waals surface area contributed by atoms with E-state index in [1.165, 1.54) is 6.26 Å². The third kappa shape index (κ3) is 6.40. The first kappa shape index (κ1) is 22.0. The van der Waals surface area contributed by atoms with Gasteiger partial charge in [-0.25, -0.2) is 9.97 Å². The Morgan fingerprint density at radius 1 is 1.13 bits per heavy atom. The van der Waals surface area contributed by atoms with Gasteiger partial charge in [0, 0.05) is 24.2 Å². The Balaban J connectivity index is 1.56. The maximum absolute atomic E-state index is 12.6. The van der Waals surface area contributed by atoms with Crippen LogP contribution < -0.4 is 9.47 Å². The zero-order chi connectivity index (χ0) is 21.9. The normalized spacial score (nSPS) is 10.5. The number of rotatable bonds is 13. The molecule has 31 heavy (non-hydrogen) atoms. The lowest BCUT2D eigenvalue weighted by atomic mass is 10.0. The number of ether oxygens (including phenoxy) is 2. The van der Waals surface area contributed by atoms with E-state index in [0.717, 1.165) is 24.2 Å². The number of carbonyl (C=O) groups is 1. The van der Waals surface area contributed by atoms with E-state index in [0.29, 0.717) is 49.1 Å². The van der Waals surface area contributed by atoms with Gasteiger partial charge in [-0.3, -0.25) is 4.79 Å². The molecule has 0 bridgehead atoms. The molecule has 0 N–H and O–H groups in total. The Morgan fingerprint density at radius 3 is 2.84 bits per heavy atom. The topological polar surface area (TPSA) is 74.5 Å². The Labute approximate surface area is 182 Å². The first-order chi connectivity index (χ1) is 15.2. The summed E-state index contributed by atoms with van der Waals surface area (Å²) in [4.78, 5) is 21.0. The van der Waals surface area contributed by atoms with Crippen molar-refractivity contribution in [2.24, 2.45) is 0 Å². The Morgan fingerprint density at radius 2 is 2.00 bits per heavy atom. The fraction of sp³-hybridized carbons (Fsp3) is 0.240. The maximum atomic E-state index is 12.6. The number of para-hydroxylation sites is 1. The molecule has 3 rings (SSSR count). The van der Waals surface area contributed by atoms with Gasteiger partial charge < -0.3 is 13.9 Å². The molecule has 0 spiro atoms. The summed E-state index contributed by atoms with van der Waals surface area (Å²) in [7, 11) is 0. The molecule has 3 aromatic rings. The van der Waals surface area contributed by atoms with Crippen molar-refractivity contribution in [1.82, 2.24) is 9.97 Å². The standard InChI is InChI=1S/C25H26N2O4/c1-3-5-16-29-23-12-7-6-9-19(23)10-8-11-22(28)21-18-31-25(27-21)20-13-14-26-24(17-20)30-15-4-2/h3-4,6-7,9,12-14,17-18H,1-2,5,8,10-11,15-16H2. The number of Topliss-reactive ketones (excluding diaryl/α,β-unsaturated/α-hetero) is 1. The van der Waals surface area contributed by atoms with Crippen molar-refractivity contribution in [3.8, 4) is 23.1 Å². The molecule has 0 aliphatic heterocycles. The van der Waals surface area contributed by atoms with Crippen LogP contribution in [0, 0.1) is 0 Å². The molecule has 0 aliphatic carbocycles. The van der Waals surface area contributed by atoms with Crippen molar-refractivity contribution in [2.45, 2.75) is 25.7 Å². The van der Waals surface area contributed by atoms with E-state index < -0.39 is 0 Å². The lowest BCUT2D eigenvalue weighted by Gasteiger charge is -2.10. The molecule has 0 fully saturated rings. The SMILES string of the molecule is C=CCCOc1ccccc1CCCC(=O)c1coc(-c2ccnc(OCC=C)c2)n1. The highest BCUT2D eigenvalue weighted by Crippen LogP contribution is 2.23. The van der Waals surface area contributed by atoms with Gasteiger partial charge in [-0.1, -0.05) is 36.9 Å². The first-order valence-electron chi connectivity index (χ1n) is 10.2. The number of aryl methyl sites for hydroxylation is 1. The number of oxazole rings is 1. The highest BCUT2D eigenvalue weighted by molar-refractivity contribution is 5.94. The number of pyridine rings is 1. The minimum absolute atomic E-state index is 0.0581. The number of benzene rings is 1. The van der Waals surface area contributed by atoms with Crippen LogP contribution in [0.15, 0.2) is 78.6 Å². The molecule has 0 atom stereocenters. The summed E-state index contributed by atoms with van der Waals surface area (Å²) in [5, 5.41) is 0. The van der Waals surface area contributed by atoms with Crippen molar-refractivity contribution >= 4 is 5.78 Å². The van der Waals surface area contributed by atoms with E-state index in [1.54, 1.807) is 24.4 Å². The van der Waals surface area contributed by atoms with Crippen molar-refractivity contribution in [3.05, 3.63) is 85.4 Å². The van der Waals surface area contributed by atoms with Crippen molar-refractivity contribution in [3.63, 3.8) is 0 Å². The van der Waals surface area contributed by atoms with Gasteiger partial charge in [-0.15, -0.1) is 6.58 Å². The fourth-order valence-electron chi connectivity index (χ4n) is 2.97. The molecule has 6 heteroatoms. The van der Waals surface area contributed by atoms with Gasteiger partial charge in [0.1, 0.15) is 24.3 Å². The quantitative estimate of drug-likeness (QED) is 0.208. The highest BCUT2D eigenvalue weighted by atomic mass is 16.5. The van der Waals surface area contributed by atoms with Crippen LogP contribution in [0.25, 0.3) is 11.5 Å². The highest BCUT2D eigenvalue weighted by Gasteiger charge is 2.14. The van der Waals surface area contributed by atoms with Gasteiger partial charge in [0.05, 0.1) is 6.61 Å². The summed E-state index contributed by atoms with van der Waals surface area (Å²) >= 11 is 0. The average molecular weight is 418 g/mol. The van der Waals surface area contributed by atoms with Crippen molar-refractivity contribution < 1.29 is 18.7 Å². The van der Waals surface area contributed by atoms with Crippen LogP contribution in [0.2, 0.25) is 0 Å². The number of aromatic nitrogens is 2. The first-order valence-corrected chi connectivity index (χ1v) is 10.2. The largest absolute Gasteiger partial charge is 0.493 e. The van der Waals surface area contributed by atoms with E-state index in [2.05, 4.69) is 23.1 Å². The molecule has 1 aromatic carbocycles. The van der Waals surface area contributed by atoms with Crippen LogP contribution in [0.4, 0.5) is 0 Å². The molecule has 2 aromatic heterocycles. The minimum atomic E-state index is -0.0581. The molecule has 6 nitrogen and oxygen atoms in total. The van der Waals surface area contributed by atoms with Crippen LogP contribution in [0.1, 0.15) is 35.3 Å². The lowest BCUT2D eigenvalue weighted by molar-refractivity contribution is 0.0975. The fourth-order valence-corrected chi connectivity index (χ4v) is 2.97. The number of hydrogen-bond acceptors (Lipinski definition) is 6. The Kier molecular flexibility index (Phi) is 8.17. The number of carbonyl (C=O) groups excluding carboxylic acids is 1. The molecule has 2 heterocycles. The molecule has 0 radical (unpaired) electrons. The third-order valence-electron chi connectivity index (χ3n) is 4.52. The predicted octanol–water partition coefficient (Wildman–Crippen LogP) is 5.46. The number of ketones is 1. The van der Waals surface area contributed by atoms with Crippen molar-refractivity contribution in [1.29, 1.82) is 0 Å². The molecule has 0 saturated heterocycles. The van der Waals surface area contributed by atoms with E-state index >= 15 is 0 Å². The van der Waals surface area contributed by atoms with Gasteiger partial charge in [0.15, 0.2) is 5.78 Å². The summed E-state index contributed by atoms with van der Waals surface area (Å²) in [6.07, 6.45) is 9.07. The maximum Gasteiger partial charge on any atom is 0.226 e. The molecular weight excluding hydrogens is 392 g/mol. The van der Waals surface area contributed by atoms with Crippen LogP contribution in [0.5, 0.6) is 11.6 Å². The third-order valence-corrected chi connectivity index (χ3v) is 4.52. The molecule has 0 saturated carbocycles. The summed E-state index contributed by atoms with van der Waals surface area (Å²) in [5.41, 5.74) is 2.10. The van der Waals surface area contributed by atoms with E-state index in [4.69, 9.17) is 13.9 Å². The summed E-state index contributed by atoms with van der Waals surface area (Å²) in [6.45, 7) is 8.27. The van der Waals surface area contributed by atoms with Crippen LogP contribution >= 0.6 is 0 Å². The van der Waals surface area contributed by atoms with Gasteiger partial charge in [0.25, 0.3) is 0 Å². The lowest BCUT2D eigenvalue weighted by Crippen LogP contribution is -2.02. The zero-order valence-electron chi connectivity index (χ0n) is 17.5. The van der Waals surface area contributed by atoms with Crippen molar-refractivity contribution in [2.75, 3.05) is 13.2 Å². The second kappa shape index (κ2) is 11.5. The average Bonchev–Trinajstić information content (AvgIpc) is 3.29. The summed E-state index contributed by atoms with van der Waals surface area (Å²) in [5.74, 6) is 1.59. The number of hydrogen-bond donors (Lipinski definition) is 0. The summed E-state index contributed by atoms with van der Waals surface area (Å²) < 4.78 is 16.7. The minimum Gasteiger partial charge on any atom is -0.493 e. The molecular formula is C25H26N2O4. The van der Waals surface area contributed by atoms with Gasteiger partial charge in [-0.2, -0.15) is 0 Å². The van der Waals surface area contributed by atoms with Crippen LogP contribution in [-0.2, 0) is 6.42 Å². The molecule has 0 amide bonds. The van der Waals surface area contributed by atoms with E-state index in [9.17, 15) is 4.79 Å². The van der Waals surface area contributed by atoms with Gasteiger partial charge in [-0.05, 0) is 37.0 Å². The van der Waals surface area contributed by atoms with Gasteiger partial charge >= 0.3 is 0 Å². The van der Waals surface area contributed by atoms with Crippen LogP contribution in [0.3, 0.4) is 0 Å². The van der Waals surface area contributed by atoms with Gasteiger partial charge in [0.2, 0.25) is 11.8 Å². The van der Waals surface area contributed by atoms with E-state index in [-0.39, 0.29) is 5.78 Å². The van der Waals surface area contributed by atoms with E-state index in [1.807, 2.05) is 30.3 Å². The van der Waals surface area contributed by atoms with Crippen LogP contribution in [-0.4, -0.2) is 29.0 Å². The second-order valence-electron chi connectivity index (χ2n) is 6.83.